The summed E-state index contributed by atoms with van der Waals surface area (Å²) in [6.45, 7) is 1.36. The van der Waals surface area contributed by atoms with Crippen molar-refractivity contribution in [1.29, 1.82) is 5.26 Å². The molecule has 0 aromatic carbocycles. The first kappa shape index (κ1) is 27.2. The first-order valence-corrected chi connectivity index (χ1v) is 13.7. The number of aliphatic carboxylic acids is 1. The molecule has 2 aliphatic rings. The molecule has 0 amide bonds. The number of nitriles is 1. The highest BCUT2D eigenvalue weighted by Crippen LogP contribution is 2.35. The lowest BCUT2D eigenvalue weighted by atomic mass is 9.81. The third-order valence-electron chi connectivity index (χ3n) is 7.62. The minimum Gasteiger partial charge on any atom is -0.481 e. The lowest BCUT2D eigenvalue weighted by Gasteiger charge is -2.25. The van der Waals surface area contributed by atoms with Crippen LogP contribution in [0.15, 0.2) is 36.9 Å². The molecule has 0 bridgehead atoms. The molecule has 208 valence electrons. The SMILES string of the molecule is CC(=O)O.N#Cc1cnc2c(cnn2-c2cc(NC3CCCC3)c(-n3cc(C4CCC(CO)CC4)nn3)cn2)c1. The van der Waals surface area contributed by atoms with E-state index in [2.05, 4.69) is 31.8 Å². The average molecular weight is 544 g/mol. The zero-order valence-corrected chi connectivity index (χ0v) is 22.4. The van der Waals surface area contributed by atoms with E-state index in [9.17, 15) is 10.4 Å². The Morgan fingerprint density at radius 1 is 1.10 bits per heavy atom. The van der Waals surface area contributed by atoms with Gasteiger partial charge in [0.15, 0.2) is 11.5 Å². The summed E-state index contributed by atoms with van der Waals surface area (Å²) < 4.78 is 3.52. The van der Waals surface area contributed by atoms with E-state index < -0.39 is 5.97 Å². The van der Waals surface area contributed by atoms with Crippen LogP contribution in [0.1, 0.15) is 75.5 Å². The van der Waals surface area contributed by atoms with Crippen LogP contribution in [-0.4, -0.2) is 63.6 Å². The lowest BCUT2D eigenvalue weighted by molar-refractivity contribution is -0.134. The second kappa shape index (κ2) is 12.2. The van der Waals surface area contributed by atoms with Gasteiger partial charge in [-0.05, 0) is 50.5 Å². The van der Waals surface area contributed by atoms with Crippen LogP contribution in [0.25, 0.3) is 22.5 Å². The van der Waals surface area contributed by atoms with Gasteiger partial charge in [0.2, 0.25) is 0 Å². The number of aromatic nitrogens is 7. The van der Waals surface area contributed by atoms with Crippen LogP contribution in [0.2, 0.25) is 0 Å². The van der Waals surface area contributed by atoms with Crippen molar-refractivity contribution < 1.29 is 15.0 Å². The van der Waals surface area contributed by atoms with Gasteiger partial charge in [-0.3, -0.25) is 4.79 Å². The molecule has 2 saturated carbocycles. The number of hydrogen-bond acceptors (Lipinski definition) is 9. The number of rotatable bonds is 6. The molecule has 0 atom stereocenters. The fourth-order valence-electron chi connectivity index (χ4n) is 5.51. The largest absolute Gasteiger partial charge is 0.481 e. The van der Waals surface area contributed by atoms with Gasteiger partial charge < -0.3 is 15.5 Å². The molecular weight excluding hydrogens is 510 g/mol. The monoisotopic (exact) mass is 543 g/mol. The highest BCUT2D eigenvalue weighted by atomic mass is 16.4. The maximum atomic E-state index is 9.45. The van der Waals surface area contributed by atoms with Gasteiger partial charge in [0.05, 0.1) is 35.5 Å². The number of hydrogen-bond donors (Lipinski definition) is 3. The Hall–Kier alpha value is -4.37. The van der Waals surface area contributed by atoms with Gasteiger partial charge in [-0.2, -0.15) is 15.0 Å². The summed E-state index contributed by atoms with van der Waals surface area (Å²) in [5.41, 5.74) is 3.94. The zero-order chi connectivity index (χ0) is 28.1. The van der Waals surface area contributed by atoms with E-state index >= 15 is 0 Å². The van der Waals surface area contributed by atoms with Crippen molar-refractivity contribution in [1.82, 2.24) is 34.7 Å². The molecule has 0 spiro atoms. The third-order valence-corrected chi connectivity index (χ3v) is 7.62. The van der Waals surface area contributed by atoms with E-state index in [-0.39, 0.29) is 6.61 Å². The number of nitrogens with zero attached hydrogens (tertiary/aromatic N) is 8. The number of fused-ring (bicyclic) bond motifs is 1. The average Bonchev–Trinajstić information content (AvgIpc) is 3.74. The van der Waals surface area contributed by atoms with E-state index in [0.29, 0.717) is 34.9 Å². The summed E-state index contributed by atoms with van der Waals surface area (Å²) in [6.07, 6.45) is 15.9. The molecule has 12 heteroatoms. The number of anilines is 1. The number of carboxylic acids is 1. The molecule has 6 rings (SSSR count). The van der Waals surface area contributed by atoms with E-state index in [1.54, 1.807) is 23.1 Å². The fourth-order valence-corrected chi connectivity index (χ4v) is 5.51. The van der Waals surface area contributed by atoms with Crippen molar-refractivity contribution in [3.8, 4) is 17.6 Å². The molecule has 0 aliphatic heterocycles. The summed E-state index contributed by atoms with van der Waals surface area (Å²) in [6, 6.07) is 6.30. The van der Waals surface area contributed by atoms with Gasteiger partial charge in [0.25, 0.3) is 5.97 Å². The van der Waals surface area contributed by atoms with Gasteiger partial charge in [0, 0.05) is 43.1 Å². The van der Waals surface area contributed by atoms with Crippen molar-refractivity contribution in [2.45, 2.75) is 70.3 Å². The summed E-state index contributed by atoms with van der Waals surface area (Å²) in [5, 5.41) is 44.0. The zero-order valence-electron chi connectivity index (χ0n) is 22.4. The fraction of sp³-hybridized carbons (Fsp3) is 0.464. The Morgan fingerprint density at radius 2 is 1.85 bits per heavy atom. The van der Waals surface area contributed by atoms with Crippen LogP contribution in [0.3, 0.4) is 0 Å². The lowest BCUT2D eigenvalue weighted by Crippen LogP contribution is -2.17. The first-order chi connectivity index (χ1) is 19.4. The van der Waals surface area contributed by atoms with Gasteiger partial charge in [-0.15, -0.1) is 5.10 Å². The highest BCUT2D eigenvalue weighted by Gasteiger charge is 2.25. The van der Waals surface area contributed by atoms with Crippen molar-refractivity contribution in [3.63, 3.8) is 0 Å². The van der Waals surface area contributed by atoms with Gasteiger partial charge in [-0.25, -0.2) is 14.6 Å². The van der Waals surface area contributed by atoms with Crippen LogP contribution in [0.4, 0.5) is 5.69 Å². The summed E-state index contributed by atoms with van der Waals surface area (Å²) >= 11 is 0. The Balaban J connectivity index is 0.000000758. The number of carbonyl (C=O) groups is 1. The third kappa shape index (κ3) is 6.10. The van der Waals surface area contributed by atoms with E-state index in [1.165, 1.54) is 12.8 Å². The quantitative estimate of drug-likeness (QED) is 0.323. The molecule has 3 N–H and O–H groups in total. The maximum Gasteiger partial charge on any atom is 0.300 e. The van der Waals surface area contributed by atoms with Crippen LogP contribution in [0.5, 0.6) is 0 Å². The summed E-state index contributed by atoms with van der Waals surface area (Å²) in [4.78, 5) is 18.2. The molecule has 2 aliphatic carbocycles. The Labute approximate surface area is 231 Å². The Kier molecular flexibility index (Phi) is 8.31. The predicted octanol–water partition coefficient (Wildman–Crippen LogP) is 3.98. The van der Waals surface area contributed by atoms with Crippen LogP contribution >= 0.6 is 0 Å². The van der Waals surface area contributed by atoms with E-state index in [1.807, 2.05) is 23.1 Å². The van der Waals surface area contributed by atoms with Crippen LogP contribution < -0.4 is 5.32 Å². The van der Waals surface area contributed by atoms with Crippen molar-refractivity contribution >= 4 is 22.7 Å². The standard InChI is InChI=1S/C26H29N9O.C2H4O2/c27-11-18-9-20-13-30-35(26(20)29-12-18)25-10-22(31-21-3-1-2-4-21)24(14-28-25)34-15-23(32-33-34)19-7-5-17(16-36)6-8-19;1-2(3)4/h9-10,12-15,17,19,21,36H,1-8,16H2,(H,28,31);1H3,(H,3,4). The van der Waals surface area contributed by atoms with Gasteiger partial charge in [0.1, 0.15) is 11.8 Å². The normalized spacial score (nSPS) is 19.1. The first-order valence-electron chi connectivity index (χ1n) is 13.7. The Morgan fingerprint density at radius 3 is 2.55 bits per heavy atom. The predicted molar refractivity (Wildman–Crippen MR) is 147 cm³/mol. The summed E-state index contributed by atoms with van der Waals surface area (Å²) in [5.74, 6) is 0.601. The number of aliphatic hydroxyl groups is 1. The van der Waals surface area contributed by atoms with E-state index in [4.69, 9.17) is 14.9 Å². The van der Waals surface area contributed by atoms with Crippen molar-refractivity contribution in [3.05, 3.63) is 48.2 Å². The summed E-state index contributed by atoms with van der Waals surface area (Å²) in [7, 11) is 0. The van der Waals surface area contributed by atoms with Crippen molar-refractivity contribution in [2.24, 2.45) is 5.92 Å². The number of aliphatic hydroxyl groups excluding tert-OH is 1. The highest BCUT2D eigenvalue weighted by molar-refractivity contribution is 5.77. The van der Waals surface area contributed by atoms with Gasteiger partial charge in [-0.1, -0.05) is 18.1 Å². The van der Waals surface area contributed by atoms with E-state index in [0.717, 1.165) is 67.9 Å². The topological polar surface area (TPSA) is 168 Å². The Bertz CT molecular complexity index is 1500. The second-order valence-corrected chi connectivity index (χ2v) is 10.5. The maximum absolute atomic E-state index is 9.45. The molecule has 40 heavy (non-hydrogen) atoms. The molecule has 12 nitrogen and oxygen atoms in total. The minimum absolute atomic E-state index is 0.272. The van der Waals surface area contributed by atoms with Gasteiger partial charge >= 0.3 is 0 Å². The smallest absolute Gasteiger partial charge is 0.300 e. The molecule has 4 aromatic rings. The molecule has 0 saturated heterocycles. The number of pyridine rings is 2. The molecular formula is C28H33N9O3. The van der Waals surface area contributed by atoms with Crippen LogP contribution in [-0.2, 0) is 4.79 Å². The molecule has 4 heterocycles. The van der Waals surface area contributed by atoms with Crippen molar-refractivity contribution in [2.75, 3.05) is 11.9 Å². The van der Waals surface area contributed by atoms with Crippen LogP contribution in [0, 0.1) is 17.2 Å². The number of carboxylic acid groups (broad SMARTS) is 1. The number of nitrogens with one attached hydrogen (secondary N) is 1. The second-order valence-electron chi connectivity index (χ2n) is 10.5. The molecule has 4 aromatic heterocycles. The molecule has 0 unspecified atom stereocenters. The minimum atomic E-state index is -0.833. The molecule has 0 radical (unpaired) electrons. The molecule has 2 fully saturated rings.